The van der Waals surface area contributed by atoms with Gasteiger partial charge in [0, 0.05) is 24.7 Å². The molecule has 6 heteroatoms. The molecule has 1 amide bonds. The fourth-order valence-corrected chi connectivity index (χ4v) is 1.43. The fraction of sp³-hybridized carbons (Fsp3) is 0.333. The summed E-state index contributed by atoms with van der Waals surface area (Å²) >= 11 is 0. The quantitative estimate of drug-likeness (QED) is 0.801. The average Bonchev–Trinajstić information content (AvgIpc) is 2.36. The summed E-state index contributed by atoms with van der Waals surface area (Å²) < 4.78 is 0. The van der Waals surface area contributed by atoms with Gasteiger partial charge < -0.3 is 10.4 Å². The highest BCUT2D eigenvalue weighted by atomic mass is 16.4. The number of carbonyl (C=O) groups excluding carboxylic acids is 1. The highest BCUT2D eigenvalue weighted by Crippen LogP contribution is 2.09. The monoisotopic (exact) mass is 247 g/mol. The van der Waals surface area contributed by atoms with Crippen molar-refractivity contribution in [3.8, 4) is 6.07 Å². The predicted octanol–water partition coefficient (Wildman–Crippen LogP) is 0.814. The van der Waals surface area contributed by atoms with Crippen molar-refractivity contribution in [2.24, 2.45) is 5.92 Å². The van der Waals surface area contributed by atoms with E-state index in [9.17, 15) is 9.59 Å². The Kier molecular flexibility index (Phi) is 4.81. The molecule has 0 aromatic carbocycles. The number of carbonyl (C=O) groups is 2. The van der Waals surface area contributed by atoms with Crippen molar-refractivity contribution in [2.75, 3.05) is 0 Å². The summed E-state index contributed by atoms with van der Waals surface area (Å²) in [5.74, 6) is -2.14. The lowest BCUT2D eigenvalue weighted by Crippen LogP contribution is -2.45. The molecule has 0 bridgehead atoms. The van der Waals surface area contributed by atoms with E-state index in [-0.39, 0.29) is 12.0 Å². The first kappa shape index (κ1) is 13.6. The Morgan fingerprint density at radius 2 is 2.33 bits per heavy atom. The predicted molar refractivity (Wildman–Crippen MR) is 62.5 cm³/mol. The lowest BCUT2D eigenvalue weighted by atomic mass is 9.99. The molecular weight excluding hydrogens is 234 g/mol. The van der Waals surface area contributed by atoms with E-state index in [1.807, 2.05) is 6.07 Å². The molecule has 2 N–H and O–H groups in total. The van der Waals surface area contributed by atoms with Crippen molar-refractivity contribution in [2.45, 2.75) is 19.4 Å². The maximum Gasteiger partial charge on any atom is 0.326 e. The van der Waals surface area contributed by atoms with Crippen molar-refractivity contribution >= 4 is 11.9 Å². The van der Waals surface area contributed by atoms with Crippen molar-refractivity contribution in [3.63, 3.8) is 0 Å². The molecule has 0 spiro atoms. The summed E-state index contributed by atoms with van der Waals surface area (Å²) in [6.07, 6.45) is 2.93. The summed E-state index contributed by atoms with van der Waals surface area (Å²) in [6.45, 7) is 1.60. The van der Waals surface area contributed by atoms with Crippen LogP contribution in [0.1, 0.15) is 23.7 Å². The van der Waals surface area contributed by atoms with E-state index < -0.39 is 23.8 Å². The Balaban J connectivity index is 2.77. The van der Waals surface area contributed by atoms with E-state index in [2.05, 4.69) is 10.3 Å². The van der Waals surface area contributed by atoms with Crippen LogP contribution in [0.2, 0.25) is 0 Å². The molecule has 0 fully saturated rings. The van der Waals surface area contributed by atoms with Gasteiger partial charge in [-0.15, -0.1) is 0 Å². The van der Waals surface area contributed by atoms with Gasteiger partial charge in [0.15, 0.2) is 0 Å². The largest absolute Gasteiger partial charge is 0.480 e. The maximum atomic E-state index is 11.8. The molecule has 1 rings (SSSR count). The molecule has 6 nitrogen and oxygen atoms in total. The highest BCUT2D eigenvalue weighted by Gasteiger charge is 2.26. The number of pyridine rings is 1. The van der Waals surface area contributed by atoms with Crippen molar-refractivity contribution in [1.82, 2.24) is 10.3 Å². The third-order valence-electron chi connectivity index (χ3n) is 2.46. The Labute approximate surface area is 104 Å². The van der Waals surface area contributed by atoms with Gasteiger partial charge in [-0.3, -0.25) is 9.78 Å². The third kappa shape index (κ3) is 3.56. The molecule has 1 aromatic rings. The van der Waals surface area contributed by atoms with Gasteiger partial charge >= 0.3 is 5.97 Å². The zero-order valence-electron chi connectivity index (χ0n) is 9.83. The number of aromatic nitrogens is 1. The number of carboxylic acid groups (broad SMARTS) is 1. The van der Waals surface area contributed by atoms with Crippen molar-refractivity contribution in [3.05, 3.63) is 30.1 Å². The van der Waals surface area contributed by atoms with Gasteiger partial charge in [-0.2, -0.15) is 5.26 Å². The first-order valence-electron chi connectivity index (χ1n) is 5.37. The molecule has 0 radical (unpaired) electrons. The van der Waals surface area contributed by atoms with Crippen LogP contribution in [0.3, 0.4) is 0 Å². The van der Waals surface area contributed by atoms with Gasteiger partial charge in [-0.1, -0.05) is 6.92 Å². The molecule has 1 aromatic heterocycles. The van der Waals surface area contributed by atoms with Crippen LogP contribution in [0.5, 0.6) is 0 Å². The molecule has 0 aliphatic heterocycles. The van der Waals surface area contributed by atoms with E-state index in [0.717, 1.165) is 0 Å². The van der Waals surface area contributed by atoms with Crippen LogP contribution in [-0.4, -0.2) is 28.0 Å². The SMILES string of the molecule is C[C@@H](CC#N)[C@H](NC(=O)c1cccnc1)C(=O)O. The van der Waals surface area contributed by atoms with E-state index in [4.69, 9.17) is 10.4 Å². The first-order valence-corrected chi connectivity index (χ1v) is 5.37. The zero-order chi connectivity index (χ0) is 13.5. The summed E-state index contributed by atoms with van der Waals surface area (Å²) in [4.78, 5) is 26.6. The summed E-state index contributed by atoms with van der Waals surface area (Å²) in [5, 5.41) is 20.0. The minimum Gasteiger partial charge on any atom is -0.480 e. The number of hydrogen-bond donors (Lipinski definition) is 2. The lowest BCUT2D eigenvalue weighted by molar-refractivity contribution is -0.140. The van der Waals surface area contributed by atoms with Crippen LogP contribution in [0.15, 0.2) is 24.5 Å². The highest BCUT2D eigenvalue weighted by molar-refractivity contribution is 5.96. The minimum atomic E-state index is -1.16. The number of nitriles is 1. The Bertz CT molecular complexity index is 467. The van der Waals surface area contributed by atoms with Crippen molar-refractivity contribution < 1.29 is 14.7 Å². The number of carboxylic acids is 1. The molecule has 1 heterocycles. The Morgan fingerprint density at radius 1 is 1.61 bits per heavy atom. The molecule has 18 heavy (non-hydrogen) atoms. The Hall–Kier alpha value is -2.42. The van der Waals surface area contributed by atoms with E-state index in [0.29, 0.717) is 0 Å². The van der Waals surface area contributed by atoms with Crippen LogP contribution in [0, 0.1) is 17.2 Å². The van der Waals surface area contributed by atoms with Gasteiger partial charge in [0.2, 0.25) is 0 Å². The number of rotatable bonds is 5. The van der Waals surface area contributed by atoms with Gasteiger partial charge in [0.05, 0.1) is 11.6 Å². The lowest BCUT2D eigenvalue weighted by Gasteiger charge is -2.19. The Morgan fingerprint density at radius 3 is 2.83 bits per heavy atom. The fourth-order valence-electron chi connectivity index (χ4n) is 1.43. The van der Waals surface area contributed by atoms with Crippen LogP contribution < -0.4 is 5.32 Å². The number of nitrogens with zero attached hydrogens (tertiary/aromatic N) is 2. The van der Waals surface area contributed by atoms with Crippen LogP contribution >= 0.6 is 0 Å². The maximum absolute atomic E-state index is 11.8. The first-order chi connectivity index (χ1) is 8.56. The number of amides is 1. The second-order valence-corrected chi connectivity index (χ2v) is 3.87. The normalized spacial score (nSPS) is 13.1. The van der Waals surface area contributed by atoms with Gasteiger partial charge in [0.25, 0.3) is 5.91 Å². The molecule has 2 atom stereocenters. The summed E-state index contributed by atoms with van der Waals surface area (Å²) in [7, 11) is 0. The number of nitrogens with one attached hydrogen (secondary N) is 1. The topological polar surface area (TPSA) is 103 Å². The smallest absolute Gasteiger partial charge is 0.326 e. The second kappa shape index (κ2) is 6.35. The zero-order valence-corrected chi connectivity index (χ0v) is 9.83. The third-order valence-corrected chi connectivity index (χ3v) is 2.46. The molecule has 0 saturated heterocycles. The van der Waals surface area contributed by atoms with E-state index >= 15 is 0 Å². The summed E-state index contributed by atoms with van der Waals surface area (Å²) in [6, 6.07) is 3.93. The molecule has 94 valence electrons. The average molecular weight is 247 g/mol. The van der Waals surface area contributed by atoms with Gasteiger partial charge in [-0.05, 0) is 12.1 Å². The molecule has 0 unspecified atom stereocenters. The van der Waals surface area contributed by atoms with Gasteiger partial charge in [-0.25, -0.2) is 4.79 Å². The minimum absolute atomic E-state index is 0.0598. The van der Waals surface area contributed by atoms with Crippen LogP contribution in [-0.2, 0) is 4.79 Å². The molecule has 0 saturated carbocycles. The molecular formula is C12H13N3O3. The van der Waals surface area contributed by atoms with Crippen molar-refractivity contribution in [1.29, 1.82) is 5.26 Å². The van der Waals surface area contributed by atoms with E-state index in [1.54, 1.807) is 13.0 Å². The van der Waals surface area contributed by atoms with Crippen LogP contribution in [0.4, 0.5) is 0 Å². The second-order valence-electron chi connectivity index (χ2n) is 3.87. The summed E-state index contributed by atoms with van der Waals surface area (Å²) in [5.41, 5.74) is 0.285. The number of hydrogen-bond acceptors (Lipinski definition) is 4. The number of aliphatic carboxylic acids is 1. The molecule has 0 aliphatic carbocycles. The van der Waals surface area contributed by atoms with E-state index in [1.165, 1.54) is 18.5 Å². The van der Waals surface area contributed by atoms with Gasteiger partial charge in [0.1, 0.15) is 6.04 Å². The molecule has 0 aliphatic rings. The standard InChI is InChI=1S/C12H13N3O3/c1-8(4-5-13)10(12(17)18)15-11(16)9-3-2-6-14-7-9/h2-3,6-8,10H,4H2,1H3,(H,15,16)(H,17,18)/t8-,10-/m0/s1. The van der Waals surface area contributed by atoms with Crippen LogP contribution in [0.25, 0.3) is 0 Å².